The van der Waals surface area contributed by atoms with Gasteiger partial charge in [-0.1, -0.05) is 13.3 Å². The van der Waals surface area contributed by atoms with Crippen molar-refractivity contribution in [1.29, 1.82) is 0 Å². The van der Waals surface area contributed by atoms with Gasteiger partial charge < -0.3 is 9.84 Å². The van der Waals surface area contributed by atoms with Crippen molar-refractivity contribution in [2.45, 2.75) is 51.2 Å². The monoisotopic (exact) mass is 240 g/mol. The van der Waals surface area contributed by atoms with Crippen molar-refractivity contribution in [3.8, 4) is 0 Å². The van der Waals surface area contributed by atoms with Crippen LogP contribution in [0, 0.1) is 6.92 Å². The Kier molecular flexibility index (Phi) is 3.67. The predicted molar refractivity (Wildman–Crippen MR) is 66.8 cm³/mol. The molecule has 1 aliphatic rings. The molecule has 90 valence electrons. The molecule has 0 spiro atoms. The van der Waals surface area contributed by atoms with Crippen LogP contribution in [0.3, 0.4) is 0 Å². The highest BCUT2D eigenvalue weighted by molar-refractivity contribution is 7.12. The average Bonchev–Trinajstić information content (AvgIpc) is 2.66. The second-order valence-electron chi connectivity index (χ2n) is 4.68. The van der Waals surface area contributed by atoms with Crippen molar-refractivity contribution >= 4 is 11.3 Å². The first kappa shape index (κ1) is 12.1. The summed E-state index contributed by atoms with van der Waals surface area (Å²) in [4.78, 5) is 2.37. The summed E-state index contributed by atoms with van der Waals surface area (Å²) in [5, 5.41) is 10.7. The van der Waals surface area contributed by atoms with Crippen LogP contribution < -0.4 is 0 Å². The summed E-state index contributed by atoms with van der Waals surface area (Å²) in [5.41, 5.74) is -0.642. The van der Waals surface area contributed by atoms with E-state index in [0.29, 0.717) is 6.61 Å². The quantitative estimate of drug-likeness (QED) is 0.879. The fourth-order valence-corrected chi connectivity index (χ4v) is 3.34. The van der Waals surface area contributed by atoms with Crippen LogP contribution in [0.4, 0.5) is 0 Å². The molecule has 1 saturated heterocycles. The Morgan fingerprint density at radius 2 is 2.38 bits per heavy atom. The molecule has 1 N–H and O–H groups in total. The van der Waals surface area contributed by atoms with Gasteiger partial charge in [-0.15, -0.1) is 11.3 Å². The first-order valence-corrected chi connectivity index (χ1v) is 6.86. The van der Waals surface area contributed by atoms with Crippen LogP contribution in [-0.2, 0) is 10.3 Å². The Morgan fingerprint density at radius 1 is 1.56 bits per heavy atom. The van der Waals surface area contributed by atoms with Crippen LogP contribution >= 0.6 is 11.3 Å². The van der Waals surface area contributed by atoms with Crippen LogP contribution in [-0.4, -0.2) is 17.8 Å². The van der Waals surface area contributed by atoms with E-state index in [0.717, 1.165) is 30.6 Å². The SMILES string of the molecule is CCCC1CC(O)(c2ccc(C)s2)CCO1. The van der Waals surface area contributed by atoms with E-state index in [9.17, 15) is 5.11 Å². The number of hydrogen-bond acceptors (Lipinski definition) is 3. The van der Waals surface area contributed by atoms with Crippen LogP contribution in [0.1, 0.15) is 42.4 Å². The molecule has 0 radical (unpaired) electrons. The Balaban J connectivity index is 2.11. The molecule has 2 heterocycles. The van der Waals surface area contributed by atoms with Crippen LogP contribution in [0.2, 0.25) is 0 Å². The van der Waals surface area contributed by atoms with Gasteiger partial charge in [-0.25, -0.2) is 0 Å². The summed E-state index contributed by atoms with van der Waals surface area (Å²) < 4.78 is 5.69. The molecule has 0 bridgehead atoms. The molecule has 0 saturated carbocycles. The Bertz CT molecular complexity index is 345. The zero-order chi connectivity index (χ0) is 11.6. The predicted octanol–water partition coefficient (Wildman–Crippen LogP) is 3.22. The molecule has 1 aromatic heterocycles. The molecule has 0 aliphatic carbocycles. The van der Waals surface area contributed by atoms with Crippen molar-refractivity contribution < 1.29 is 9.84 Å². The third-order valence-corrected chi connectivity index (χ3v) is 4.44. The smallest absolute Gasteiger partial charge is 0.103 e. The molecular formula is C13H20O2S. The number of aliphatic hydroxyl groups is 1. The minimum atomic E-state index is -0.642. The average molecular weight is 240 g/mol. The molecule has 2 unspecified atom stereocenters. The van der Waals surface area contributed by atoms with Gasteiger partial charge in [0, 0.05) is 22.6 Å². The maximum absolute atomic E-state index is 10.7. The summed E-state index contributed by atoms with van der Waals surface area (Å²) in [6.07, 6.45) is 3.87. The molecule has 0 aromatic carbocycles. The van der Waals surface area contributed by atoms with Gasteiger partial charge in [0.05, 0.1) is 12.7 Å². The number of thiophene rings is 1. The van der Waals surface area contributed by atoms with Gasteiger partial charge in [0.25, 0.3) is 0 Å². The second kappa shape index (κ2) is 4.86. The Labute approximate surface area is 101 Å². The largest absolute Gasteiger partial charge is 0.384 e. The summed E-state index contributed by atoms with van der Waals surface area (Å²) in [6.45, 7) is 4.92. The lowest BCUT2D eigenvalue weighted by atomic mass is 9.87. The lowest BCUT2D eigenvalue weighted by molar-refractivity contribution is -0.108. The van der Waals surface area contributed by atoms with Crippen molar-refractivity contribution in [2.24, 2.45) is 0 Å². The first-order chi connectivity index (χ1) is 7.64. The van der Waals surface area contributed by atoms with E-state index in [1.54, 1.807) is 11.3 Å². The Morgan fingerprint density at radius 3 is 3.00 bits per heavy atom. The molecule has 2 nitrogen and oxygen atoms in total. The molecule has 16 heavy (non-hydrogen) atoms. The minimum absolute atomic E-state index is 0.228. The first-order valence-electron chi connectivity index (χ1n) is 6.05. The van der Waals surface area contributed by atoms with Gasteiger partial charge in [-0.2, -0.15) is 0 Å². The summed E-state index contributed by atoms with van der Waals surface area (Å²) in [5.74, 6) is 0. The highest BCUT2D eigenvalue weighted by Gasteiger charge is 2.37. The lowest BCUT2D eigenvalue weighted by Gasteiger charge is -2.36. The standard InChI is InChI=1S/C13H20O2S/c1-3-4-11-9-13(14,7-8-15-11)12-6-5-10(2)16-12/h5-6,11,14H,3-4,7-9H2,1-2H3. The van der Waals surface area contributed by atoms with Crippen molar-refractivity contribution in [2.75, 3.05) is 6.61 Å². The van der Waals surface area contributed by atoms with Gasteiger partial charge in [0.15, 0.2) is 0 Å². The maximum Gasteiger partial charge on any atom is 0.103 e. The van der Waals surface area contributed by atoms with Crippen LogP contribution in [0.5, 0.6) is 0 Å². The van der Waals surface area contributed by atoms with Crippen molar-refractivity contribution in [3.63, 3.8) is 0 Å². The van der Waals surface area contributed by atoms with Gasteiger partial charge in [-0.3, -0.25) is 0 Å². The van der Waals surface area contributed by atoms with E-state index in [-0.39, 0.29) is 6.10 Å². The van der Waals surface area contributed by atoms with Gasteiger partial charge in [-0.05, 0) is 25.5 Å². The van der Waals surface area contributed by atoms with Crippen LogP contribution in [0.25, 0.3) is 0 Å². The van der Waals surface area contributed by atoms with Crippen molar-refractivity contribution in [1.82, 2.24) is 0 Å². The summed E-state index contributed by atoms with van der Waals surface area (Å²) in [7, 11) is 0. The highest BCUT2D eigenvalue weighted by atomic mass is 32.1. The molecule has 2 rings (SSSR count). The fourth-order valence-electron chi connectivity index (χ4n) is 2.35. The molecule has 1 aliphatic heterocycles. The molecule has 1 fully saturated rings. The van der Waals surface area contributed by atoms with E-state index in [2.05, 4.69) is 26.0 Å². The third kappa shape index (κ3) is 2.47. The number of aryl methyl sites for hydroxylation is 1. The zero-order valence-electron chi connectivity index (χ0n) is 10.0. The molecule has 3 heteroatoms. The zero-order valence-corrected chi connectivity index (χ0v) is 10.8. The fraction of sp³-hybridized carbons (Fsp3) is 0.692. The van der Waals surface area contributed by atoms with Gasteiger partial charge >= 0.3 is 0 Å². The van der Waals surface area contributed by atoms with E-state index >= 15 is 0 Å². The number of ether oxygens (including phenoxy) is 1. The van der Waals surface area contributed by atoms with Gasteiger partial charge in [0.1, 0.15) is 5.60 Å². The Hall–Kier alpha value is -0.380. The molecule has 0 amide bonds. The summed E-state index contributed by atoms with van der Waals surface area (Å²) in [6, 6.07) is 4.15. The van der Waals surface area contributed by atoms with Crippen LogP contribution in [0.15, 0.2) is 12.1 Å². The van der Waals surface area contributed by atoms with E-state index < -0.39 is 5.60 Å². The summed E-state index contributed by atoms with van der Waals surface area (Å²) >= 11 is 1.71. The third-order valence-electron chi connectivity index (χ3n) is 3.24. The second-order valence-corrected chi connectivity index (χ2v) is 5.97. The van der Waals surface area contributed by atoms with E-state index in [4.69, 9.17) is 4.74 Å². The van der Waals surface area contributed by atoms with Gasteiger partial charge in [0.2, 0.25) is 0 Å². The molecule has 1 aromatic rings. The lowest BCUT2D eigenvalue weighted by Crippen LogP contribution is -2.37. The topological polar surface area (TPSA) is 29.5 Å². The molecule has 2 atom stereocenters. The normalized spacial score (nSPS) is 30.6. The van der Waals surface area contributed by atoms with E-state index in [1.807, 2.05) is 0 Å². The minimum Gasteiger partial charge on any atom is -0.384 e. The van der Waals surface area contributed by atoms with E-state index in [1.165, 1.54) is 4.88 Å². The van der Waals surface area contributed by atoms with Crippen molar-refractivity contribution in [3.05, 3.63) is 21.9 Å². The number of rotatable bonds is 3. The maximum atomic E-state index is 10.7. The highest BCUT2D eigenvalue weighted by Crippen LogP contribution is 2.39. The number of hydrogen-bond donors (Lipinski definition) is 1. The molecular weight excluding hydrogens is 220 g/mol.